The summed E-state index contributed by atoms with van der Waals surface area (Å²) in [5, 5.41) is 10.9. The number of carbonyl (C=O) groups excluding carboxylic acids is 1. The molecule has 0 N–H and O–H groups in total. The lowest BCUT2D eigenvalue weighted by atomic mass is 10.1. The molecule has 22 heavy (non-hydrogen) atoms. The first kappa shape index (κ1) is 15.9. The first-order valence-electron chi connectivity index (χ1n) is 6.33. The Kier molecular flexibility index (Phi) is 4.72. The number of nitro benzene ring substituents is 1. The van der Waals surface area contributed by atoms with Crippen LogP contribution in [0.15, 0.2) is 42.5 Å². The molecular weight excluding hydrogens is 311 g/mol. The van der Waals surface area contributed by atoms with Gasteiger partial charge in [-0.3, -0.25) is 14.9 Å². The predicted octanol–water partition coefficient (Wildman–Crippen LogP) is 3.59. The van der Waals surface area contributed by atoms with E-state index in [0.717, 1.165) is 0 Å². The summed E-state index contributed by atoms with van der Waals surface area (Å²) in [4.78, 5) is 23.8. The monoisotopic (exact) mass is 322 g/mol. The zero-order chi connectivity index (χ0) is 16.3. The Balaban J connectivity index is 2.16. The second-order valence-corrected chi connectivity index (χ2v) is 5.06. The highest BCUT2D eigenvalue weighted by Crippen LogP contribution is 2.25. The van der Waals surface area contributed by atoms with E-state index in [-0.39, 0.29) is 23.0 Å². The van der Waals surface area contributed by atoms with Gasteiger partial charge in [0.1, 0.15) is 10.8 Å². The van der Waals surface area contributed by atoms with Gasteiger partial charge in [0, 0.05) is 18.8 Å². The standard InChI is InChI=1S/C15H12ClFN2O3/c1-18(12-5-3-11(17)4-6-12)15(20)9-10-2-7-13(16)14(8-10)19(21)22/h2-8H,9H2,1H3. The summed E-state index contributed by atoms with van der Waals surface area (Å²) >= 11 is 5.73. The van der Waals surface area contributed by atoms with Crippen LogP contribution in [-0.2, 0) is 11.2 Å². The Morgan fingerprint density at radius 3 is 2.50 bits per heavy atom. The van der Waals surface area contributed by atoms with Crippen LogP contribution in [0.5, 0.6) is 0 Å². The van der Waals surface area contributed by atoms with Crippen molar-refractivity contribution in [3.63, 3.8) is 0 Å². The van der Waals surface area contributed by atoms with Gasteiger partial charge in [0.2, 0.25) is 5.91 Å². The van der Waals surface area contributed by atoms with Crippen LogP contribution in [0.1, 0.15) is 5.56 Å². The zero-order valence-corrected chi connectivity index (χ0v) is 12.4. The topological polar surface area (TPSA) is 63.5 Å². The van der Waals surface area contributed by atoms with Gasteiger partial charge in [0.05, 0.1) is 11.3 Å². The van der Waals surface area contributed by atoms with Crippen molar-refractivity contribution in [2.75, 3.05) is 11.9 Å². The Hall–Kier alpha value is -2.47. The fraction of sp³-hybridized carbons (Fsp3) is 0.133. The molecule has 0 radical (unpaired) electrons. The molecule has 2 aromatic rings. The normalized spacial score (nSPS) is 10.3. The van der Waals surface area contributed by atoms with Gasteiger partial charge in [-0.25, -0.2) is 4.39 Å². The molecule has 0 aromatic heterocycles. The molecule has 0 aliphatic heterocycles. The van der Waals surface area contributed by atoms with E-state index in [9.17, 15) is 19.3 Å². The van der Waals surface area contributed by atoms with Gasteiger partial charge in [-0.2, -0.15) is 0 Å². The van der Waals surface area contributed by atoms with Crippen molar-refractivity contribution in [2.45, 2.75) is 6.42 Å². The lowest BCUT2D eigenvalue weighted by Crippen LogP contribution is -2.27. The average Bonchev–Trinajstić information content (AvgIpc) is 2.49. The molecule has 0 aliphatic rings. The smallest absolute Gasteiger partial charge is 0.288 e. The predicted molar refractivity (Wildman–Crippen MR) is 81.6 cm³/mol. The SMILES string of the molecule is CN(C(=O)Cc1ccc(Cl)c([N+](=O)[O-])c1)c1ccc(F)cc1. The highest BCUT2D eigenvalue weighted by Gasteiger charge is 2.16. The van der Waals surface area contributed by atoms with Crippen molar-refractivity contribution in [1.29, 1.82) is 0 Å². The van der Waals surface area contributed by atoms with E-state index in [0.29, 0.717) is 11.3 Å². The molecule has 0 atom stereocenters. The summed E-state index contributed by atoms with van der Waals surface area (Å²) in [7, 11) is 1.56. The Morgan fingerprint density at radius 2 is 1.91 bits per heavy atom. The largest absolute Gasteiger partial charge is 0.315 e. The van der Waals surface area contributed by atoms with E-state index >= 15 is 0 Å². The third-order valence-electron chi connectivity index (χ3n) is 3.15. The van der Waals surface area contributed by atoms with Crippen molar-refractivity contribution in [2.24, 2.45) is 0 Å². The second kappa shape index (κ2) is 6.53. The molecule has 5 nitrogen and oxygen atoms in total. The van der Waals surface area contributed by atoms with E-state index < -0.39 is 10.7 Å². The summed E-state index contributed by atoms with van der Waals surface area (Å²) in [5.74, 6) is -0.666. The van der Waals surface area contributed by atoms with E-state index in [1.807, 2.05) is 0 Å². The molecule has 0 aliphatic carbocycles. The highest BCUT2D eigenvalue weighted by molar-refractivity contribution is 6.32. The Labute approximate surface area is 131 Å². The Bertz CT molecular complexity index is 719. The van der Waals surface area contributed by atoms with Crippen molar-refractivity contribution >= 4 is 28.9 Å². The molecule has 0 saturated heterocycles. The third-order valence-corrected chi connectivity index (χ3v) is 3.47. The number of likely N-dealkylation sites (N-methyl/N-ethyl adjacent to an activating group) is 1. The molecule has 114 valence electrons. The maximum Gasteiger partial charge on any atom is 0.288 e. The number of amides is 1. The van der Waals surface area contributed by atoms with Crippen molar-refractivity contribution in [3.8, 4) is 0 Å². The molecular formula is C15H12ClFN2O3. The first-order chi connectivity index (χ1) is 10.4. The fourth-order valence-corrected chi connectivity index (χ4v) is 2.10. The van der Waals surface area contributed by atoms with Gasteiger partial charge in [0.15, 0.2) is 0 Å². The molecule has 0 fully saturated rings. The number of carbonyl (C=O) groups is 1. The average molecular weight is 323 g/mol. The number of nitrogens with zero attached hydrogens (tertiary/aromatic N) is 2. The second-order valence-electron chi connectivity index (χ2n) is 4.65. The maximum absolute atomic E-state index is 12.9. The van der Waals surface area contributed by atoms with E-state index in [2.05, 4.69) is 0 Å². The van der Waals surface area contributed by atoms with Gasteiger partial charge in [-0.1, -0.05) is 17.7 Å². The number of rotatable bonds is 4. The minimum Gasteiger partial charge on any atom is -0.315 e. The molecule has 7 heteroatoms. The van der Waals surface area contributed by atoms with Gasteiger partial charge < -0.3 is 4.90 Å². The van der Waals surface area contributed by atoms with Crippen LogP contribution in [-0.4, -0.2) is 17.9 Å². The Morgan fingerprint density at radius 1 is 1.27 bits per heavy atom. The molecule has 0 unspecified atom stereocenters. The molecule has 0 spiro atoms. The molecule has 2 rings (SSSR count). The third kappa shape index (κ3) is 3.59. The number of benzene rings is 2. The van der Waals surface area contributed by atoms with Crippen LogP contribution in [0.2, 0.25) is 5.02 Å². The van der Waals surface area contributed by atoms with Crippen molar-refractivity contribution < 1.29 is 14.1 Å². The summed E-state index contributed by atoms with van der Waals surface area (Å²) in [5.41, 5.74) is 0.779. The zero-order valence-electron chi connectivity index (χ0n) is 11.6. The van der Waals surface area contributed by atoms with Gasteiger partial charge in [-0.15, -0.1) is 0 Å². The number of nitro groups is 1. The molecule has 1 amide bonds. The number of hydrogen-bond acceptors (Lipinski definition) is 3. The van der Waals surface area contributed by atoms with Crippen LogP contribution >= 0.6 is 11.6 Å². The lowest BCUT2D eigenvalue weighted by Gasteiger charge is -2.17. The minimum absolute atomic E-state index is 0.0214. The summed E-state index contributed by atoms with van der Waals surface area (Å²) in [6.07, 6.45) is -0.0219. The van der Waals surface area contributed by atoms with E-state index in [4.69, 9.17) is 11.6 Å². The van der Waals surface area contributed by atoms with Crippen LogP contribution in [0, 0.1) is 15.9 Å². The minimum atomic E-state index is -0.597. The lowest BCUT2D eigenvalue weighted by molar-refractivity contribution is -0.384. The highest BCUT2D eigenvalue weighted by atomic mass is 35.5. The van der Waals surface area contributed by atoms with Crippen molar-refractivity contribution in [1.82, 2.24) is 0 Å². The summed E-state index contributed by atoms with van der Waals surface area (Å²) < 4.78 is 12.9. The van der Waals surface area contributed by atoms with Crippen molar-refractivity contribution in [3.05, 3.63) is 69.0 Å². The number of anilines is 1. The van der Waals surface area contributed by atoms with Gasteiger partial charge >= 0.3 is 0 Å². The fourth-order valence-electron chi connectivity index (χ4n) is 1.91. The number of halogens is 2. The van der Waals surface area contributed by atoms with Crippen LogP contribution in [0.25, 0.3) is 0 Å². The van der Waals surface area contributed by atoms with E-state index in [1.165, 1.54) is 41.3 Å². The van der Waals surface area contributed by atoms with Gasteiger partial charge in [-0.05, 0) is 35.9 Å². The van der Waals surface area contributed by atoms with E-state index in [1.54, 1.807) is 13.1 Å². The molecule has 0 heterocycles. The van der Waals surface area contributed by atoms with Crippen LogP contribution < -0.4 is 4.90 Å². The summed E-state index contributed by atoms with van der Waals surface area (Å²) in [6.45, 7) is 0. The van der Waals surface area contributed by atoms with Gasteiger partial charge in [0.25, 0.3) is 5.69 Å². The number of hydrogen-bond donors (Lipinski definition) is 0. The summed E-state index contributed by atoms with van der Waals surface area (Å²) in [6, 6.07) is 9.71. The first-order valence-corrected chi connectivity index (χ1v) is 6.71. The van der Waals surface area contributed by atoms with Crippen LogP contribution in [0.4, 0.5) is 15.8 Å². The molecule has 2 aromatic carbocycles. The molecule has 0 saturated carbocycles. The molecule has 0 bridgehead atoms. The quantitative estimate of drug-likeness (QED) is 0.638. The van der Waals surface area contributed by atoms with Crippen LogP contribution in [0.3, 0.4) is 0 Å². The maximum atomic E-state index is 12.9.